The molecule has 3 rings (SSSR count). The van der Waals surface area contributed by atoms with Gasteiger partial charge in [-0.1, -0.05) is 35.2 Å². The van der Waals surface area contributed by atoms with Crippen LogP contribution in [0, 0.1) is 17.6 Å². The lowest BCUT2D eigenvalue weighted by atomic mass is 9.80. The van der Waals surface area contributed by atoms with E-state index < -0.39 is 11.6 Å². The van der Waals surface area contributed by atoms with Crippen LogP contribution >= 0.6 is 15.9 Å². The number of rotatable bonds is 3. The Labute approximate surface area is 139 Å². The van der Waals surface area contributed by atoms with E-state index in [1.807, 2.05) is 0 Å². The van der Waals surface area contributed by atoms with Crippen molar-refractivity contribution in [2.45, 2.75) is 38.1 Å². The van der Waals surface area contributed by atoms with Crippen molar-refractivity contribution >= 4 is 15.9 Å². The van der Waals surface area contributed by atoms with Crippen molar-refractivity contribution in [3.63, 3.8) is 0 Å². The van der Waals surface area contributed by atoms with Crippen LogP contribution in [0.4, 0.5) is 8.78 Å². The highest BCUT2D eigenvalue weighted by Gasteiger charge is 2.34. The zero-order valence-electron chi connectivity index (χ0n) is 12.8. The van der Waals surface area contributed by atoms with E-state index in [9.17, 15) is 8.78 Å². The number of hydrogen-bond donors (Lipinski definition) is 1. The van der Waals surface area contributed by atoms with Gasteiger partial charge in [0.15, 0.2) is 0 Å². The van der Waals surface area contributed by atoms with E-state index >= 15 is 0 Å². The topological polar surface area (TPSA) is 15.3 Å². The number of nitrogens with zero attached hydrogens (tertiary/aromatic N) is 1. The first-order chi connectivity index (χ1) is 10.7. The predicted octanol–water partition coefficient (Wildman–Crippen LogP) is 4.25. The molecule has 2 nitrogen and oxygen atoms in total. The molecule has 0 amide bonds. The van der Waals surface area contributed by atoms with Crippen molar-refractivity contribution in [3.8, 4) is 0 Å². The van der Waals surface area contributed by atoms with Gasteiger partial charge in [-0.2, -0.15) is 0 Å². The lowest BCUT2D eigenvalue weighted by Gasteiger charge is -2.41. The highest BCUT2D eigenvalue weighted by atomic mass is 79.9. The number of nitrogens with one attached hydrogen (secondary N) is 1. The summed E-state index contributed by atoms with van der Waals surface area (Å²) in [6.45, 7) is 3.50. The molecule has 2 aliphatic rings. The molecule has 1 aromatic rings. The molecule has 1 saturated heterocycles. The second-order valence-electron chi connectivity index (χ2n) is 6.41. The third-order valence-electron chi connectivity index (χ3n) is 4.98. The molecular formula is C17H23BrF2N2. The van der Waals surface area contributed by atoms with Gasteiger partial charge in [0.2, 0.25) is 0 Å². The van der Waals surface area contributed by atoms with Gasteiger partial charge in [0, 0.05) is 42.3 Å². The summed E-state index contributed by atoms with van der Waals surface area (Å²) < 4.78 is 29.6. The van der Waals surface area contributed by atoms with Crippen LogP contribution < -0.4 is 5.32 Å². The van der Waals surface area contributed by atoms with E-state index in [0.29, 0.717) is 10.4 Å². The molecule has 1 atom stereocenters. The van der Waals surface area contributed by atoms with Crippen LogP contribution in [-0.4, -0.2) is 31.1 Å². The molecular weight excluding hydrogens is 350 g/mol. The van der Waals surface area contributed by atoms with Gasteiger partial charge in [-0.05, 0) is 30.9 Å². The van der Waals surface area contributed by atoms with Gasteiger partial charge in [-0.25, -0.2) is 8.78 Å². The van der Waals surface area contributed by atoms with Crippen molar-refractivity contribution in [2.24, 2.45) is 5.92 Å². The predicted molar refractivity (Wildman–Crippen MR) is 87.8 cm³/mol. The maximum absolute atomic E-state index is 14.6. The van der Waals surface area contributed by atoms with Crippen LogP contribution in [-0.2, 0) is 0 Å². The Hall–Kier alpha value is -0.520. The molecule has 0 radical (unpaired) electrons. The Bertz CT molecular complexity index is 470. The summed E-state index contributed by atoms with van der Waals surface area (Å²) in [6, 6.07) is 2.67. The van der Waals surface area contributed by atoms with Crippen LogP contribution in [0.5, 0.6) is 0 Å². The van der Waals surface area contributed by atoms with Gasteiger partial charge in [-0.15, -0.1) is 0 Å². The highest BCUT2D eigenvalue weighted by molar-refractivity contribution is 9.10. The largest absolute Gasteiger partial charge is 0.314 e. The Morgan fingerprint density at radius 3 is 2.23 bits per heavy atom. The molecule has 0 bridgehead atoms. The first-order valence-electron chi connectivity index (χ1n) is 8.26. The number of hydrogen-bond acceptors (Lipinski definition) is 2. The molecule has 0 spiro atoms. The molecule has 0 aromatic heterocycles. The Morgan fingerprint density at radius 1 is 1.05 bits per heavy atom. The SMILES string of the molecule is Fc1cc(Br)cc(F)c1[C@@H](C1CCCCC1)N1CCNCC1. The number of benzene rings is 1. The third-order valence-corrected chi connectivity index (χ3v) is 5.44. The van der Waals surface area contributed by atoms with E-state index in [-0.39, 0.29) is 11.6 Å². The normalized spacial score (nSPS) is 22.7. The van der Waals surface area contributed by atoms with Gasteiger partial charge in [0.25, 0.3) is 0 Å². The quantitative estimate of drug-likeness (QED) is 0.852. The molecule has 1 N–H and O–H groups in total. The summed E-state index contributed by atoms with van der Waals surface area (Å²) >= 11 is 3.18. The molecule has 1 saturated carbocycles. The second kappa shape index (κ2) is 7.37. The molecule has 122 valence electrons. The van der Waals surface area contributed by atoms with E-state index in [0.717, 1.165) is 39.0 Å². The summed E-state index contributed by atoms with van der Waals surface area (Å²) in [5.74, 6) is -0.473. The fourth-order valence-electron chi connectivity index (χ4n) is 3.96. The lowest BCUT2D eigenvalue weighted by Crippen LogP contribution is -2.47. The first-order valence-corrected chi connectivity index (χ1v) is 9.05. The maximum atomic E-state index is 14.6. The van der Waals surface area contributed by atoms with Crippen LogP contribution in [0.1, 0.15) is 43.7 Å². The average Bonchev–Trinajstić information content (AvgIpc) is 2.52. The van der Waals surface area contributed by atoms with Crippen LogP contribution in [0.25, 0.3) is 0 Å². The lowest BCUT2D eigenvalue weighted by molar-refractivity contribution is 0.0976. The summed E-state index contributed by atoms with van der Waals surface area (Å²) in [7, 11) is 0. The fraction of sp³-hybridized carbons (Fsp3) is 0.647. The first kappa shape index (κ1) is 16.3. The molecule has 1 heterocycles. The fourth-order valence-corrected chi connectivity index (χ4v) is 4.36. The van der Waals surface area contributed by atoms with Crippen molar-refractivity contribution in [2.75, 3.05) is 26.2 Å². The molecule has 1 aliphatic heterocycles. The minimum absolute atomic E-state index is 0.129. The summed E-state index contributed by atoms with van der Waals surface area (Å²) in [5, 5.41) is 3.33. The Kier molecular flexibility index (Phi) is 5.47. The third kappa shape index (κ3) is 3.52. The van der Waals surface area contributed by atoms with E-state index in [4.69, 9.17) is 0 Å². The van der Waals surface area contributed by atoms with Crippen molar-refractivity contribution in [1.82, 2.24) is 10.2 Å². The van der Waals surface area contributed by atoms with Gasteiger partial charge in [0.05, 0.1) is 0 Å². The summed E-state index contributed by atoms with van der Waals surface area (Å²) in [5.41, 5.74) is 0.275. The summed E-state index contributed by atoms with van der Waals surface area (Å²) in [6.07, 6.45) is 5.74. The zero-order chi connectivity index (χ0) is 15.5. The molecule has 0 unspecified atom stereocenters. The zero-order valence-corrected chi connectivity index (χ0v) is 14.3. The van der Waals surface area contributed by atoms with Crippen LogP contribution in [0.2, 0.25) is 0 Å². The molecule has 22 heavy (non-hydrogen) atoms. The number of piperazine rings is 1. The van der Waals surface area contributed by atoms with Gasteiger partial charge < -0.3 is 5.32 Å². The van der Waals surface area contributed by atoms with Crippen LogP contribution in [0.3, 0.4) is 0 Å². The van der Waals surface area contributed by atoms with Gasteiger partial charge >= 0.3 is 0 Å². The molecule has 1 aromatic carbocycles. The van der Waals surface area contributed by atoms with E-state index in [2.05, 4.69) is 26.1 Å². The van der Waals surface area contributed by atoms with E-state index in [1.54, 1.807) is 0 Å². The standard InChI is InChI=1S/C17H23BrF2N2/c18-13-10-14(19)16(15(20)11-13)17(12-4-2-1-3-5-12)22-8-6-21-7-9-22/h10-12,17,21H,1-9H2/t17-/m1/s1. The van der Waals surface area contributed by atoms with Crippen LogP contribution in [0.15, 0.2) is 16.6 Å². The molecule has 5 heteroatoms. The smallest absolute Gasteiger partial charge is 0.132 e. The Balaban J connectivity index is 1.96. The maximum Gasteiger partial charge on any atom is 0.132 e. The minimum atomic E-state index is -0.416. The van der Waals surface area contributed by atoms with Crippen molar-refractivity contribution in [3.05, 3.63) is 33.8 Å². The monoisotopic (exact) mass is 372 g/mol. The summed E-state index contributed by atoms with van der Waals surface area (Å²) in [4.78, 5) is 2.28. The van der Waals surface area contributed by atoms with Crippen molar-refractivity contribution in [1.29, 1.82) is 0 Å². The number of halogens is 3. The Morgan fingerprint density at radius 2 is 1.64 bits per heavy atom. The highest BCUT2D eigenvalue weighted by Crippen LogP contribution is 2.41. The van der Waals surface area contributed by atoms with Crippen molar-refractivity contribution < 1.29 is 8.78 Å². The van der Waals surface area contributed by atoms with Gasteiger partial charge in [0.1, 0.15) is 11.6 Å². The minimum Gasteiger partial charge on any atom is -0.314 e. The van der Waals surface area contributed by atoms with Gasteiger partial charge in [-0.3, -0.25) is 4.90 Å². The second-order valence-corrected chi connectivity index (χ2v) is 7.33. The average molecular weight is 373 g/mol. The van der Waals surface area contributed by atoms with E-state index in [1.165, 1.54) is 31.4 Å². The molecule has 1 aliphatic carbocycles. The molecule has 2 fully saturated rings.